The van der Waals surface area contributed by atoms with Crippen molar-refractivity contribution in [3.8, 4) is 67.7 Å². The summed E-state index contributed by atoms with van der Waals surface area (Å²) in [4.78, 5) is 30.3. The van der Waals surface area contributed by atoms with Crippen LogP contribution in [-0.2, 0) is 0 Å². The predicted molar refractivity (Wildman–Crippen MR) is 234 cm³/mol. The van der Waals surface area contributed by atoms with E-state index in [9.17, 15) is 0 Å². The van der Waals surface area contributed by atoms with Gasteiger partial charge >= 0.3 is 0 Å². The molecule has 11 aromatic rings. The summed E-state index contributed by atoms with van der Waals surface area (Å²) in [5.41, 5.74) is 10.0. The molecule has 4 aromatic heterocycles. The van der Waals surface area contributed by atoms with Crippen molar-refractivity contribution < 1.29 is 0 Å². The Bertz CT molecular complexity index is 3270. The van der Waals surface area contributed by atoms with Crippen LogP contribution in [0.25, 0.3) is 110 Å². The van der Waals surface area contributed by atoms with Gasteiger partial charge in [0.25, 0.3) is 0 Å². The number of aromatic nitrogens is 6. The molecule has 0 atom stereocenters. The molecule has 7 aromatic carbocycles. The van der Waals surface area contributed by atoms with Gasteiger partial charge in [-0.1, -0.05) is 146 Å². The van der Waals surface area contributed by atoms with Crippen molar-refractivity contribution in [3.05, 3.63) is 182 Å². The summed E-state index contributed by atoms with van der Waals surface area (Å²) in [5, 5.41) is 5.87. The van der Waals surface area contributed by atoms with Crippen LogP contribution in [0.3, 0.4) is 0 Å². The second-order valence-electron chi connectivity index (χ2n) is 14.0. The lowest BCUT2D eigenvalue weighted by atomic mass is 10.0. The summed E-state index contributed by atoms with van der Waals surface area (Å²) in [6.45, 7) is 0. The molecule has 0 radical (unpaired) electrons. The van der Waals surface area contributed by atoms with Gasteiger partial charge in [-0.25, -0.2) is 29.9 Å². The molecule has 4 heterocycles. The molecule has 0 aliphatic rings. The molecule has 57 heavy (non-hydrogen) atoms. The average molecular weight is 747 g/mol. The summed E-state index contributed by atoms with van der Waals surface area (Å²) in [6, 6.07) is 58.9. The van der Waals surface area contributed by atoms with Crippen molar-refractivity contribution in [3.63, 3.8) is 0 Å². The van der Waals surface area contributed by atoms with Crippen molar-refractivity contribution in [1.29, 1.82) is 0 Å². The fraction of sp³-hybridized carbons (Fsp3) is 0. The number of hydrogen-bond acceptors (Lipinski definition) is 7. The van der Waals surface area contributed by atoms with Crippen molar-refractivity contribution in [2.45, 2.75) is 0 Å². The Hall–Kier alpha value is -7.48. The number of hydrogen-bond donors (Lipinski definition) is 0. The third kappa shape index (κ3) is 6.07. The van der Waals surface area contributed by atoms with E-state index in [1.807, 2.05) is 42.6 Å². The lowest BCUT2D eigenvalue weighted by Gasteiger charge is -2.10. The summed E-state index contributed by atoms with van der Waals surface area (Å²) in [7, 11) is 0. The summed E-state index contributed by atoms with van der Waals surface area (Å²) < 4.78 is 1.03. The molecular weight excluding hydrogens is 717 g/mol. The quantitative estimate of drug-likeness (QED) is 0.158. The van der Waals surface area contributed by atoms with E-state index < -0.39 is 0 Å². The van der Waals surface area contributed by atoms with Gasteiger partial charge in [0, 0.05) is 39.4 Å². The largest absolute Gasteiger partial charge is 0.245 e. The fourth-order valence-electron chi connectivity index (χ4n) is 7.52. The highest BCUT2D eigenvalue weighted by Gasteiger charge is 2.17. The van der Waals surface area contributed by atoms with E-state index in [1.165, 1.54) is 27.1 Å². The molecule has 0 unspecified atom stereocenters. The summed E-state index contributed by atoms with van der Waals surface area (Å²) >= 11 is 1.63. The molecule has 7 heteroatoms. The van der Waals surface area contributed by atoms with E-state index in [0.29, 0.717) is 17.5 Å². The highest BCUT2D eigenvalue weighted by Crippen LogP contribution is 2.39. The maximum Gasteiger partial charge on any atom is 0.164 e. The van der Waals surface area contributed by atoms with E-state index in [0.717, 1.165) is 65.1 Å². The maximum absolute atomic E-state index is 4.99. The number of rotatable bonds is 6. The maximum atomic E-state index is 4.99. The first-order valence-corrected chi connectivity index (χ1v) is 19.6. The van der Waals surface area contributed by atoms with Crippen LogP contribution >= 0.6 is 11.3 Å². The second kappa shape index (κ2) is 13.7. The Balaban J connectivity index is 0.937. The molecule has 0 bridgehead atoms. The van der Waals surface area contributed by atoms with Crippen molar-refractivity contribution >= 4 is 53.3 Å². The molecule has 0 N–H and O–H groups in total. The van der Waals surface area contributed by atoms with Crippen molar-refractivity contribution in [1.82, 2.24) is 29.9 Å². The molecule has 0 saturated carbocycles. The van der Waals surface area contributed by atoms with Crippen LogP contribution in [0.2, 0.25) is 0 Å². The molecule has 0 amide bonds. The van der Waals surface area contributed by atoms with Crippen LogP contribution < -0.4 is 0 Å². The van der Waals surface area contributed by atoms with Gasteiger partial charge in [-0.3, -0.25) is 0 Å². The molecule has 266 valence electrons. The molecule has 0 fully saturated rings. The highest BCUT2D eigenvalue weighted by atomic mass is 32.1. The van der Waals surface area contributed by atoms with Gasteiger partial charge in [0.05, 0.1) is 15.9 Å². The van der Waals surface area contributed by atoms with E-state index in [-0.39, 0.29) is 0 Å². The monoisotopic (exact) mass is 746 g/mol. The number of thiophene rings is 1. The number of nitrogens with zero attached hydrogens (tertiary/aromatic N) is 6. The SMILES string of the molecule is c1ccc(-c2ccc(-c3nc(-c4ccccc4)nc(-c4ccc(-c5cnc6sc7c(-c8ccc9cc%10ccccc%10cc9c8)ncnc7c6c5)cc4)n3)cc2)cc1. The van der Waals surface area contributed by atoms with Gasteiger partial charge in [0.2, 0.25) is 0 Å². The number of fused-ring (bicyclic) bond motifs is 5. The zero-order chi connectivity index (χ0) is 37.7. The molecular formula is C50H30N6S. The number of pyridine rings is 1. The minimum absolute atomic E-state index is 0.612. The third-order valence-electron chi connectivity index (χ3n) is 10.5. The Labute approximate surface area is 331 Å². The summed E-state index contributed by atoms with van der Waals surface area (Å²) in [6.07, 6.45) is 3.61. The van der Waals surface area contributed by atoms with E-state index in [1.54, 1.807) is 17.7 Å². The topological polar surface area (TPSA) is 77.3 Å². The van der Waals surface area contributed by atoms with Crippen LogP contribution in [-0.4, -0.2) is 29.9 Å². The van der Waals surface area contributed by atoms with Gasteiger partial charge in [0.1, 0.15) is 11.2 Å². The van der Waals surface area contributed by atoms with E-state index >= 15 is 0 Å². The molecule has 0 aliphatic carbocycles. The Morgan fingerprint density at radius 1 is 0.351 bits per heavy atom. The minimum Gasteiger partial charge on any atom is -0.245 e. The molecule has 0 saturated heterocycles. The molecule has 0 spiro atoms. The van der Waals surface area contributed by atoms with Crippen LogP contribution in [0.1, 0.15) is 0 Å². The number of benzene rings is 7. The zero-order valence-electron chi connectivity index (χ0n) is 30.4. The van der Waals surface area contributed by atoms with E-state index in [4.69, 9.17) is 29.9 Å². The summed E-state index contributed by atoms with van der Waals surface area (Å²) in [5.74, 6) is 1.87. The first-order valence-electron chi connectivity index (χ1n) is 18.7. The van der Waals surface area contributed by atoms with E-state index in [2.05, 4.69) is 133 Å². The van der Waals surface area contributed by atoms with Gasteiger partial charge in [-0.2, -0.15) is 0 Å². The van der Waals surface area contributed by atoms with Crippen molar-refractivity contribution in [2.75, 3.05) is 0 Å². The van der Waals surface area contributed by atoms with Gasteiger partial charge in [0.15, 0.2) is 17.5 Å². The normalized spacial score (nSPS) is 11.5. The van der Waals surface area contributed by atoms with Crippen LogP contribution in [0.4, 0.5) is 0 Å². The molecule has 0 aliphatic heterocycles. The standard InChI is InChI=1S/C50H30N6S/c1-3-9-31(10-4-1)32-15-19-35(20-16-32)48-54-47(34-11-5-2-6-12-34)55-49(56-48)36-21-17-33(18-22-36)42-28-43-45-46(57-50(43)51-29-42)44(52-30-53-45)40-24-23-39-25-37-13-7-8-14-38(37)26-41(39)27-40/h1-30H. The molecule has 11 rings (SSSR count). The highest BCUT2D eigenvalue weighted by molar-refractivity contribution is 7.25. The lowest BCUT2D eigenvalue weighted by Crippen LogP contribution is -2.00. The van der Waals surface area contributed by atoms with Crippen LogP contribution in [0.15, 0.2) is 182 Å². The first-order chi connectivity index (χ1) is 28.2. The zero-order valence-corrected chi connectivity index (χ0v) is 31.2. The fourth-order valence-corrected chi connectivity index (χ4v) is 8.61. The average Bonchev–Trinajstić information content (AvgIpc) is 3.67. The minimum atomic E-state index is 0.612. The van der Waals surface area contributed by atoms with Gasteiger partial charge < -0.3 is 0 Å². The third-order valence-corrected chi connectivity index (χ3v) is 11.6. The van der Waals surface area contributed by atoms with Crippen LogP contribution in [0, 0.1) is 0 Å². The second-order valence-corrected chi connectivity index (χ2v) is 15.0. The van der Waals surface area contributed by atoms with Crippen molar-refractivity contribution in [2.24, 2.45) is 0 Å². The first kappa shape index (κ1) is 32.9. The molecule has 6 nitrogen and oxygen atoms in total. The Kier molecular flexibility index (Phi) is 7.89. The lowest BCUT2D eigenvalue weighted by molar-refractivity contribution is 1.07. The van der Waals surface area contributed by atoms with Gasteiger partial charge in [-0.05, 0) is 62.5 Å². The Morgan fingerprint density at radius 3 is 1.49 bits per heavy atom. The van der Waals surface area contributed by atoms with Gasteiger partial charge in [-0.15, -0.1) is 11.3 Å². The van der Waals surface area contributed by atoms with Crippen LogP contribution in [0.5, 0.6) is 0 Å². The predicted octanol–water partition coefficient (Wildman–Crippen LogP) is 12.7. The Morgan fingerprint density at radius 2 is 0.842 bits per heavy atom. The smallest absolute Gasteiger partial charge is 0.164 e.